The molecule has 1 heterocycles. The third kappa shape index (κ3) is 2.70. The summed E-state index contributed by atoms with van der Waals surface area (Å²) in [6.07, 6.45) is 3.53. The van der Waals surface area contributed by atoms with E-state index in [9.17, 15) is 5.11 Å². The van der Waals surface area contributed by atoms with Gasteiger partial charge in [0.2, 0.25) is 0 Å². The van der Waals surface area contributed by atoms with Gasteiger partial charge in [-0.05, 0) is 35.3 Å². The Kier molecular flexibility index (Phi) is 4.74. The molecule has 140 valence electrons. The number of ether oxygens (including phenoxy) is 2. The van der Waals surface area contributed by atoms with Crippen LogP contribution in [0, 0.1) is 5.41 Å². The minimum atomic E-state index is -1.97. The molecule has 1 aliphatic carbocycles. The van der Waals surface area contributed by atoms with Gasteiger partial charge in [-0.15, -0.1) is 0 Å². The Morgan fingerprint density at radius 1 is 1.12 bits per heavy atom. The quantitative estimate of drug-likeness (QED) is 0.771. The van der Waals surface area contributed by atoms with Crippen molar-refractivity contribution >= 4 is 28.9 Å². The van der Waals surface area contributed by atoms with Gasteiger partial charge < -0.3 is 19.4 Å². The molecule has 5 nitrogen and oxygen atoms in total. The van der Waals surface area contributed by atoms with Gasteiger partial charge in [-0.2, -0.15) is 0 Å². The van der Waals surface area contributed by atoms with E-state index in [0.717, 1.165) is 5.57 Å². The summed E-state index contributed by atoms with van der Waals surface area (Å²) in [7, 11) is 2.87. The highest BCUT2D eigenvalue weighted by atomic mass is 35.5. The molecule has 0 spiro atoms. The molecule has 1 aromatic carbocycles. The van der Waals surface area contributed by atoms with Gasteiger partial charge in [0.15, 0.2) is 0 Å². The molecule has 26 heavy (non-hydrogen) atoms. The van der Waals surface area contributed by atoms with Crippen LogP contribution in [-0.4, -0.2) is 36.6 Å². The van der Waals surface area contributed by atoms with E-state index in [1.807, 2.05) is 26.8 Å². The maximum Gasteiger partial charge on any atom is 0.321 e. The van der Waals surface area contributed by atoms with E-state index in [1.165, 1.54) is 14.2 Å². The van der Waals surface area contributed by atoms with Crippen LogP contribution in [0.4, 0.5) is 0 Å². The van der Waals surface area contributed by atoms with Crippen LogP contribution in [0.1, 0.15) is 26.3 Å². The Hall–Kier alpha value is -1.37. The van der Waals surface area contributed by atoms with Crippen LogP contribution in [0.2, 0.25) is 10.0 Å². The van der Waals surface area contributed by atoms with E-state index in [0.29, 0.717) is 26.9 Å². The van der Waals surface area contributed by atoms with Crippen LogP contribution in [0.25, 0.3) is 0 Å². The molecular weight excluding hydrogens is 377 g/mol. The number of methoxy groups -OCH3 is 2. The summed E-state index contributed by atoms with van der Waals surface area (Å²) in [5.41, 5.74) is 1.85. The predicted molar refractivity (Wildman–Crippen MR) is 101 cm³/mol. The number of allylic oxidation sites excluding steroid dienone is 2. The Morgan fingerprint density at radius 3 is 2.19 bits per heavy atom. The zero-order valence-corrected chi connectivity index (χ0v) is 16.8. The molecule has 2 aliphatic rings. The summed E-state index contributed by atoms with van der Waals surface area (Å²) in [5, 5.41) is 16.2. The van der Waals surface area contributed by atoms with Crippen molar-refractivity contribution in [1.82, 2.24) is 0 Å². The van der Waals surface area contributed by atoms with Gasteiger partial charge in [0.1, 0.15) is 5.71 Å². The lowest BCUT2D eigenvalue weighted by atomic mass is 9.76. The standard InChI is InChI=1S/C19H21Cl2NO4/c1-17(2,3)11-9-12-16(15-13(20)7-6-8-14(15)21)22-26-19(12,23)18(10-11,24-4)25-5/h6-10,23H,1-5H3. The summed E-state index contributed by atoms with van der Waals surface area (Å²) in [6, 6.07) is 5.14. The van der Waals surface area contributed by atoms with Crippen LogP contribution in [0.3, 0.4) is 0 Å². The number of halogens is 2. The molecule has 1 unspecified atom stereocenters. The lowest BCUT2D eigenvalue weighted by molar-refractivity contribution is -0.342. The maximum atomic E-state index is 11.3. The minimum absolute atomic E-state index is 0.241. The fourth-order valence-corrected chi connectivity index (χ4v) is 3.68. The monoisotopic (exact) mass is 397 g/mol. The first kappa shape index (κ1) is 19.4. The molecule has 0 saturated carbocycles. The first-order chi connectivity index (χ1) is 12.1. The van der Waals surface area contributed by atoms with Crippen molar-refractivity contribution in [1.29, 1.82) is 0 Å². The number of hydrogen-bond acceptors (Lipinski definition) is 5. The smallest absolute Gasteiger partial charge is 0.321 e. The van der Waals surface area contributed by atoms with E-state index in [4.69, 9.17) is 37.5 Å². The summed E-state index contributed by atoms with van der Waals surface area (Å²) < 4.78 is 11.1. The van der Waals surface area contributed by atoms with Gasteiger partial charge in [-0.25, -0.2) is 0 Å². The zero-order valence-electron chi connectivity index (χ0n) is 15.3. The lowest BCUT2D eigenvalue weighted by Crippen LogP contribution is -2.59. The number of aliphatic hydroxyl groups is 1. The number of nitrogens with zero attached hydrogens (tertiary/aromatic N) is 1. The molecule has 0 fully saturated rings. The van der Waals surface area contributed by atoms with Crippen molar-refractivity contribution in [2.45, 2.75) is 32.3 Å². The number of hydrogen-bond donors (Lipinski definition) is 1. The van der Waals surface area contributed by atoms with Gasteiger partial charge in [0.05, 0.1) is 15.6 Å². The largest absolute Gasteiger partial charge is 0.348 e. The summed E-state index contributed by atoms with van der Waals surface area (Å²) >= 11 is 12.7. The van der Waals surface area contributed by atoms with E-state index < -0.39 is 11.6 Å². The van der Waals surface area contributed by atoms with Crippen LogP contribution < -0.4 is 0 Å². The van der Waals surface area contributed by atoms with Crippen LogP contribution in [0.5, 0.6) is 0 Å². The number of fused-ring (bicyclic) bond motifs is 1. The van der Waals surface area contributed by atoms with Crippen molar-refractivity contribution < 1.29 is 19.4 Å². The molecule has 1 N–H and O–H groups in total. The Morgan fingerprint density at radius 2 is 1.69 bits per heavy atom. The van der Waals surface area contributed by atoms with Crippen molar-refractivity contribution in [2.75, 3.05) is 14.2 Å². The lowest BCUT2D eigenvalue weighted by Gasteiger charge is -2.42. The summed E-state index contributed by atoms with van der Waals surface area (Å²) in [4.78, 5) is 5.44. The zero-order chi connectivity index (χ0) is 19.3. The highest BCUT2D eigenvalue weighted by molar-refractivity contribution is 6.41. The van der Waals surface area contributed by atoms with Gasteiger partial charge in [0, 0.05) is 19.8 Å². The van der Waals surface area contributed by atoms with Crippen molar-refractivity contribution in [2.24, 2.45) is 10.6 Å². The van der Waals surface area contributed by atoms with Crippen molar-refractivity contribution in [3.05, 3.63) is 57.1 Å². The van der Waals surface area contributed by atoms with Gasteiger partial charge >= 0.3 is 5.79 Å². The van der Waals surface area contributed by atoms with Crippen molar-refractivity contribution in [3.8, 4) is 0 Å². The first-order valence-electron chi connectivity index (χ1n) is 8.09. The highest BCUT2D eigenvalue weighted by Gasteiger charge is 2.63. The van der Waals surface area contributed by atoms with E-state index in [2.05, 4.69) is 5.16 Å². The fraction of sp³-hybridized carbons (Fsp3) is 0.421. The molecule has 0 amide bonds. The van der Waals surface area contributed by atoms with E-state index in [1.54, 1.807) is 24.3 Å². The molecule has 0 saturated heterocycles. The van der Waals surface area contributed by atoms with E-state index >= 15 is 0 Å². The van der Waals surface area contributed by atoms with Gasteiger partial charge in [-0.3, -0.25) is 0 Å². The predicted octanol–water partition coefficient (Wildman–Crippen LogP) is 4.32. The van der Waals surface area contributed by atoms with Crippen LogP contribution >= 0.6 is 23.2 Å². The SMILES string of the molecule is COC1(OC)C=C(C(C)(C)C)C=C2C(c3c(Cl)cccc3Cl)=NOC21O. The minimum Gasteiger partial charge on any atom is -0.348 e. The normalized spacial score (nSPS) is 24.4. The molecule has 0 radical (unpaired) electrons. The average molecular weight is 398 g/mol. The Bertz CT molecular complexity index is 814. The Balaban J connectivity index is 2.25. The molecular formula is C19H21Cl2NO4. The van der Waals surface area contributed by atoms with Crippen molar-refractivity contribution in [3.63, 3.8) is 0 Å². The average Bonchev–Trinajstić information content (AvgIpc) is 2.90. The topological polar surface area (TPSA) is 60.3 Å². The second-order valence-electron chi connectivity index (χ2n) is 7.26. The first-order valence-corrected chi connectivity index (χ1v) is 8.84. The van der Waals surface area contributed by atoms with Crippen LogP contribution in [-0.2, 0) is 14.3 Å². The molecule has 1 aromatic rings. The van der Waals surface area contributed by atoms with Gasteiger partial charge in [-0.1, -0.05) is 55.2 Å². The molecule has 7 heteroatoms. The number of rotatable bonds is 3. The third-order valence-electron chi connectivity index (χ3n) is 4.68. The fourth-order valence-electron chi connectivity index (χ4n) is 3.10. The number of benzene rings is 1. The molecule has 0 aromatic heterocycles. The third-order valence-corrected chi connectivity index (χ3v) is 5.31. The molecule has 1 atom stereocenters. The second-order valence-corrected chi connectivity index (χ2v) is 8.07. The Labute approximate surface area is 162 Å². The van der Waals surface area contributed by atoms with E-state index in [-0.39, 0.29) is 5.41 Å². The van der Waals surface area contributed by atoms with Gasteiger partial charge in [0.25, 0.3) is 5.79 Å². The second kappa shape index (κ2) is 6.36. The molecule has 1 aliphatic heterocycles. The maximum absolute atomic E-state index is 11.3. The number of oxime groups is 1. The molecule has 3 rings (SSSR count). The summed E-state index contributed by atoms with van der Waals surface area (Å²) in [5.74, 6) is -3.54. The van der Waals surface area contributed by atoms with Crippen LogP contribution in [0.15, 0.2) is 46.7 Å². The highest BCUT2D eigenvalue weighted by Crippen LogP contribution is 2.49. The summed E-state index contributed by atoms with van der Waals surface area (Å²) in [6.45, 7) is 6.14. The molecule has 0 bridgehead atoms.